The highest BCUT2D eigenvalue weighted by molar-refractivity contribution is 5.26. The summed E-state index contributed by atoms with van der Waals surface area (Å²) in [5.74, 6) is -0.206. The lowest BCUT2D eigenvalue weighted by atomic mass is 9.79. The average molecular weight is 280 g/mol. The summed E-state index contributed by atoms with van der Waals surface area (Å²) >= 11 is 0. The van der Waals surface area contributed by atoms with Gasteiger partial charge in [0.2, 0.25) is 0 Å². The van der Waals surface area contributed by atoms with Crippen LogP contribution in [0.3, 0.4) is 0 Å². The number of nitrogens with zero attached hydrogens (tertiary/aromatic N) is 1. The SMILES string of the molecule is CCCCC(N)(c1ccc(F)cc1)C(C)N(CC)CC. The third kappa shape index (κ3) is 3.80. The van der Waals surface area contributed by atoms with Gasteiger partial charge in [-0.1, -0.05) is 45.7 Å². The Morgan fingerprint density at radius 1 is 1.15 bits per heavy atom. The molecule has 0 spiro atoms. The molecule has 1 rings (SSSR count). The Labute approximate surface area is 123 Å². The van der Waals surface area contributed by atoms with Gasteiger partial charge < -0.3 is 5.73 Å². The first-order chi connectivity index (χ1) is 9.49. The molecule has 20 heavy (non-hydrogen) atoms. The van der Waals surface area contributed by atoms with E-state index in [-0.39, 0.29) is 11.9 Å². The standard InChI is InChI=1S/C17H29FN2/c1-5-8-13-17(19,14(4)20(6-2)7-3)15-9-11-16(18)12-10-15/h9-12,14H,5-8,13,19H2,1-4H3. The smallest absolute Gasteiger partial charge is 0.123 e. The summed E-state index contributed by atoms with van der Waals surface area (Å²) in [6, 6.07) is 6.93. The van der Waals surface area contributed by atoms with Gasteiger partial charge in [-0.3, -0.25) is 4.90 Å². The van der Waals surface area contributed by atoms with Gasteiger partial charge in [0.1, 0.15) is 5.82 Å². The first kappa shape index (κ1) is 17.1. The fourth-order valence-electron chi connectivity index (χ4n) is 2.92. The molecule has 1 aromatic rings. The van der Waals surface area contributed by atoms with Gasteiger partial charge >= 0.3 is 0 Å². The summed E-state index contributed by atoms with van der Waals surface area (Å²) in [5, 5.41) is 0. The van der Waals surface area contributed by atoms with Crippen LogP contribution in [0.2, 0.25) is 0 Å². The van der Waals surface area contributed by atoms with Gasteiger partial charge in [-0.25, -0.2) is 4.39 Å². The van der Waals surface area contributed by atoms with E-state index in [0.717, 1.165) is 37.9 Å². The molecule has 0 aliphatic carbocycles. The predicted molar refractivity (Wildman–Crippen MR) is 84.2 cm³/mol. The van der Waals surface area contributed by atoms with Gasteiger partial charge in [-0.15, -0.1) is 0 Å². The summed E-state index contributed by atoms with van der Waals surface area (Å²) in [6.45, 7) is 10.6. The second kappa shape index (κ2) is 7.75. The molecule has 0 aliphatic heterocycles. The minimum absolute atomic E-state index is 0.206. The third-order valence-corrected chi connectivity index (χ3v) is 4.43. The second-order valence-corrected chi connectivity index (χ2v) is 5.55. The summed E-state index contributed by atoms with van der Waals surface area (Å²) < 4.78 is 13.2. The molecule has 0 saturated heterocycles. The van der Waals surface area contributed by atoms with Crippen molar-refractivity contribution in [2.45, 2.75) is 58.5 Å². The maximum atomic E-state index is 13.2. The minimum atomic E-state index is -0.421. The van der Waals surface area contributed by atoms with E-state index in [0.29, 0.717) is 0 Å². The first-order valence-corrected chi connectivity index (χ1v) is 7.78. The Kier molecular flexibility index (Phi) is 6.63. The number of hydrogen-bond acceptors (Lipinski definition) is 2. The molecule has 0 amide bonds. The monoisotopic (exact) mass is 280 g/mol. The summed E-state index contributed by atoms with van der Waals surface area (Å²) in [7, 11) is 0. The molecular weight excluding hydrogens is 251 g/mol. The van der Waals surface area contributed by atoms with E-state index in [1.165, 1.54) is 12.1 Å². The molecule has 0 saturated carbocycles. The maximum Gasteiger partial charge on any atom is 0.123 e. The van der Waals surface area contributed by atoms with Crippen molar-refractivity contribution in [2.75, 3.05) is 13.1 Å². The zero-order chi connectivity index (χ0) is 15.2. The minimum Gasteiger partial charge on any atom is -0.320 e. The van der Waals surface area contributed by atoms with Crippen LogP contribution in [0.5, 0.6) is 0 Å². The zero-order valence-electron chi connectivity index (χ0n) is 13.3. The van der Waals surface area contributed by atoms with Crippen LogP contribution in [0.15, 0.2) is 24.3 Å². The Balaban J connectivity index is 3.10. The number of benzene rings is 1. The fourth-order valence-corrected chi connectivity index (χ4v) is 2.92. The molecule has 2 unspecified atom stereocenters. The van der Waals surface area contributed by atoms with Crippen LogP contribution in [0, 0.1) is 5.82 Å². The molecule has 0 fully saturated rings. The number of likely N-dealkylation sites (N-methyl/N-ethyl adjacent to an activating group) is 1. The van der Waals surface area contributed by atoms with Gasteiger partial charge in [0.25, 0.3) is 0 Å². The lowest BCUT2D eigenvalue weighted by Gasteiger charge is -2.42. The van der Waals surface area contributed by atoms with Crippen molar-refractivity contribution in [3.05, 3.63) is 35.6 Å². The van der Waals surface area contributed by atoms with Crippen LogP contribution in [-0.4, -0.2) is 24.0 Å². The second-order valence-electron chi connectivity index (χ2n) is 5.55. The van der Waals surface area contributed by atoms with Crippen LogP contribution in [0.25, 0.3) is 0 Å². The lowest BCUT2D eigenvalue weighted by molar-refractivity contribution is 0.134. The summed E-state index contributed by atoms with van der Waals surface area (Å²) in [4.78, 5) is 2.37. The number of unbranched alkanes of at least 4 members (excludes halogenated alkanes) is 1. The highest BCUT2D eigenvalue weighted by atomic mass is 19.1. The first-order valence-electron chi connectivity index (χ1n) is 7.78. The van der Waals surface area contributed by atoms with Crippen molar-refractivity contribution in [1.82, 2.24) is 4.90 Å². The highest BCUT2D eigenvalue weighted by Crippen LogP contribution is 2.31. The van der Waals surface area contributed by atoms with Crippen LogP contribution >= 0.6 is 0 Å². The summed E-state index contributed by atoms with van der Waals surface area (Å²) in [5.41, 5.74) is 7.40. The largest absolute Gasteiger partial charge is 0.320 e. The van der Waals surface area contributed by atoms with Crippen molar-refractivity contribution >= 4 is 0 Å². The van der Waals surface area contributed by atoms with Gasteiger partial charge in [0, 0.05) is 6.04 Å². The summed E-state index contributed by atoms with van der Waals surface area (Å²) in [6.07, 6.45) is 3.12. The van der Waals surface area contributed by atoms with E-state index in [4.69, 9.17) is 5.73 Å². The zero-order valence-corrected chi connectivity index (χ0v) is 13.3. The van der Waals surface area contributed by atoms with Crippen LogP contribution in [0.4, 0.5) is 4.39 Å². The van der Waals surface area contributed by atoms with E-state index in [1.54, 1.807) is 0 Å². The van der Waals surface area contributed by atoms with E-state index in [2.05, 4.69) is 32.6 Å². The van der Waals surface area contributed by atoms with Gasteiger partial charge in [-0.2, -0.15) is 0 Å². The molecule has 0 bridgehead atoms. The third-order valence-electron chi connectivity index (χ3n) is 4.43. The van der Waals surface area contributed by atoms with Crippen molar-refractivity contribution in [1.29, 1.82) is 0 Å². The van der Waals surface area contributed by atoms with E-state index in [9.17, 15) is 4.39 Å². The van der Waals surface area contributed by atoms with Gasteiger partial charge in [-0.05, 0) is 44.1 Å². The Morgan fingerprint density at radius 2 is 1.70 bits per heavy atom. The lowest BCUT2D eigenvalue weighted by Crippen LogP contribution is -2.54. The number of halogens is 1. The molecule has 3 heteroatoms. The normalized spacial score (nSPS) is 16.1. The molecule has 2 atom stereocenters. The highest BCUT2D eigenvalue weighted by Gasteiger charge is 2.35. The Morgan fingerprint density at radius 3 is 2.15 bits per heavy atom. The molecule has 1 aromatic carbocycles. The number of rotatable bonds is 8. The van der Waals surface area contributed by atoms with Crippen molar-refractivity contribution in [2.24, 2.45) is 5.73 Å². The topological polar surface area (TPSA) is 29.3 Å². The van der Waals surface area contributed by atoms with Gasteiger partial charge in [0.15, 0.2) is 0 Å². The Bertz CT molecular complexity index is 386. The number of hydrogen-bond donors (Lipinski definition) is 1. The Hall–Kier alpha value is -0.930. The van der Waals surface area contributed by atoms with Crippen molar-refractivity contribution in [3.8, 4) is 0 Å². The number of nitrogens with two attached hydrogens (primary N) is 1. The van der Waals surface area contributed by atoms with Crippen molar-refractivity contribution in [3.63, 3.8) is 0 Å². The molecule has 2 nitrogen and oxygen atoms in total. The van der Waals surface area contributed by atoms with Crippen molar-refractivity contribution < 1.29 is 4.39 Å². The quantitative estimate of drug-likeness (QED) is 0.782. The fraction of sp³-hybridized carbons (Fsp3) is 0.647. The van der Waals surface area contributed by atoms with E-state index in [1.807, 2.05) is 12.1 Å². The molecule has 0 radical (unpaired) electrons. The molecule has 2 N–H and O–H groups in total. The van der Waals surface area contributed by atoms with E-state index < -0.39 is 5.54 Å². The molecule has 0 aromatic heterocycles. The van der Waals surface area contributed by atoms with Crippen LogP contribution in [0.1, 0.15) is 52.5 Å². The molecule has 0 heterocycles. The molecule has 0 aliphatic rings. The predicted octanol–water partition coefficient (Wildman–Crippen LogP) is 3.90. The molecule has 114 valence electrons. The van der Waals surface area contributed by atoms with Gasteiger partial charge in [0.05, 0.1) is 5.54 Å². The average Bonchev–Trinajstić information content (AvgIpc) is 2.46. The van der Waals surface area contributed by atoms with Crippen LogP contribution < -0.4 is 5.73 Å². The van der Waals surface area contributed by atoms with Crippen LogP contribution in [-0.2, 0) is 5.54 Å². The van der Waals surface area contributed by atoms with E-state index >= 15 is 0 Å². The molecular formula is C17H29FN2. The maximum absolute atomic E-state index is 13.2.